The second kappa shape index (κ2) is 8.06. The Labute approximate surface area is 163 Å². The molecule has 0 spiro atoms. The molecule has 3 N–H and O–H groups in total. The van der Waals surface area contributed by atoms with Crippen molar-refractivity contribution in [1.82, 2.24) is 19.7 Å². The number of anilines is 2. The maximum Gasteiger partial charge on any atom is 0.226 e. The van der Waals surface area contributed by atoms with Crippen LogP contribution in [0.5, 0.6) is 0 Å². The Kier molecular flexibility index (Phi) is 5.16. The van der Waals surface area contributed by atoms with E-state index in [1.807, 2.05) is 25.2 Å². The third-order valence-corrected chi connectivity index (χ3v) is 4.48. The van der Waals surface area contributed by atoms with E-state index >= 15 is 0 Å². The zero-order valence-corrected chi connectivity index (χ0v) is 15.7. The Hall–Kier alpha value is -3.45. The molecule has 0 atom stereocenters. The van der Waals surface area contributed by atoms with Crippen molar-refractivity contribution in [3.8, 4) is 0 Å². The van der Waals surface area contributed by atoms with Crippen molar-refractivity contribution in [3.63, 3.8) is 0 Å². The Morgan fingerprint density at radius 2 is 1.61 bits per heavy atom. The van der Waals surface area contributed by atoms with Gasteiger partial charge in [0.15, 0.2) is 5.65 Å². The first-order valence-electron chi connectivity index (χ1n) is 9.07. The van der Waals surface area contributed by atoms with Crippen molar-refractivity contribution in [3.05, 3.63) is 77.5 Å². The number of rotatable bonds is 7. The lowest BCUT2D eigenvalue weighted by Gasteiger charge is -2.08. The average molecular weight is 374 g/mol. The van der Waals surface area contributed by atoms with Crippen LogP contribution in [0.15, 0.2) is 60.8 Å². The third-order valence-electron chi connectivity index (χ3n) is 4.48. The van der Waals surface area contributed by atoms with Crippen LogP contribution in [0.3, 0.4) is 0 Å². The second-order valence-electron chi connectivity index (χ2n) is 6.59. The SMILES string of the molecule is Cn1ncc2c(N)nc(NCc3ccc(COCc4ccccc4)cc3)nc21. The lowest BCUT2D eigenvalue weighted by atomic mass is 10.1. The van der Waals surface area contributed by atoms with Crippen LogP contribution in [-0.4, -0.2) is 19.7 Å². The Balaban J connectivity index is 1.32. The minimum absolute atomic E-state index is 0.423. The number of hydrogen-bond acceptors (Lipinski definition) is 6. The highest BCUT2D eigenvalue weighted by atomic mass is 16.5. The molecule has 0 amide bonds. The van der Waals surface area contributed by atoms with Gasteiger partial charge < -0.3 is 15.8 Å². The third kappa shape index (κ3) is 4.10. The predicted octanol–water partition coefficient (Wildman–Crippen LogP) is 3.27. The minimum Gasteiger partial charge on any atom is -0.383 e. The molecule has 0 saturated carbocycles. The summed E-state index contributed by atoms with van der Waals surface area (Å²) < 4.78 is 7.46. The number of nitrogens with zero attached hydrogens (tertiary/aromatic N) is 4. The van der Waals surface area contributed by atoms with E-state index in [1.165, 1.54) is 5.56 Å². The van der Waals surface area contributed by atoms with Crippen molar-refractivity contribution in [2.75, 3.05) is 11.1 Å². The van der Waals surface area contributed by atoms with Gasteiger partial charge in [0.25, 0.3) is 0 Å². The van der Waals surface area contributed by atoms with Crippen molar-refractivity contribution < 1.29 is 4.74 Å². The van der Waals surface area contributed by atoms with Crippen molar-refractivity contribution >= 4 is 22.8 Å². The summed E-state index contributed by atoms with van der Waals surface area (Å²) in [7, 11) is 1.83. The van der Waals surface area contributed by atoms with Crippen LogP contribution in [0.2, 0.25) is 0 Å². The highest BCUT2D eigenvalue weighted by molar-refractivity contribution is 5.86. The summed E-state index contributed by atoms with van der Waals surface area (Å²) in [6.45, 7) is 1.80. The van der Waals surface area contributed by atoms with Gasteiger partial charge in [0.1, 0.15) is 5.82 Å². The molecular weight excluding hydrogens is 352 g/mol. The summed E-state index contributed by atoms with van der Waals surface area (Å²) in [5, 5.41) is 8.14. The monoisotopic (exact) mass is 374 g/mol. The first-order chi connectivity index (χ1) is 13.7. The molecule has 28 heavy (non-hydrogen) atoms. The molecule has 2 heterocycles. The van der Waals surface area contributed by atoms with Gasteiger partial charge in [0.05, 0.1) is 24.8 Å². The normalized spacial score (nSPS) is 11.0. The molecule has 0 saturated heterocycles. The number of benzene rings is 2. The highest BCUT2D eigenvalue weighted by Crippen LogP contribution is 2.18. The molecule has 0 aliphatic carbocycles. The van der Waals surface area contributed by atoms with E-state index in [-0.39, 0.29) is 0 Å². The first kappa shape index (κ1) is 17.9. The zero-order valence-electron chi connectivity index (χ0n) is 15.7. The van der Waals surface area contributed by atoms with Crippen molar-refractivity contribution in [2.45, 2.75) is 19.8 Å². The van der Waals surface area contributed by atoms with Gasteiger partial charge in [-0.1, -0.05) is 54.6 Å². The van der Waals surface area contributed by atoms with Crippen LogP contribution in [0.4, 0.5) is 11.8 Å². The highest BCUT2D eigenvalue weighted by Gasteiger charge is 2.09. The average Bonchev–Trinajstić information content (AvgIpc) is 3.10. The smallest absolute Gasteiger partial charge is 0.226 e. The predicted molar refractivity (Wildman–Crippen MR) is 109 cm³/mol. The summed E-state index contributed by atoms with van der Waals surface area (Å²) in [6.07, 6.45) is 1.67. The topological polar surface area (TPSA) is 90.9 Å². The van der Waals surface area contributed by atoms with E-state index in [0.717, 1.165) is 16.5 Å². The number of nitrogen functional groups attached to an aromatic ring is 1. The van der Waals surface area contributed by atoms with Crippen LogP contribution < -0.4 is 11.1 Å². The van der Waals surface area contributed by atoms with E-state index < -0.39 is 0 Å². The maximum atomic E-state index is 5.99. The van der Waals surface area contributed by atoms with Crippen LogP contribution >= 0.6 is 0 Å². The van der Waals surface area contributed by atoms with E-state index in [1.54, 1.807) is 10.9 Å². The fourth-order valence-electron chi connectivity index (χ4n) is 2.92. The number of fused-ring (bicyclic) bond motifs is 1. The lowest BCUT2D eigenvalue weighted by Crippen LogP contribution is -2.06. The standard InChI is InChI=1S/C21H22N6O/c1-27-20-18(12-24-27)19(22)25-21(26-20)23-11-15-7-9-17(10-8-15)14-28-13-16-5-3-2-4-6-16/h2-10,12H,11,13-14H2,1H3,(H3,22,23,25,26). The largest absolute Gasteiger partial charge is 0.383 e. The van der Waals surface area contributed by atoms with Gasteiger partial charge in [0, 0.05) is 13.6 Å². The lowest BCUT2D eigenvalue weighted by molar-refractivity contribution is 0.107. The van der Waals surface area contributed by atoms with Crippen molar-refractivity contribution in [2.24, 2.45) is 7.05 Å². The van der Waals surface area contributed by atoms with Crippen LogP contribution in [0.1, 0.15) is 16.7 Å². The van der Waals surface area contributed by atoms with Crippen molar-refractivity contribution in [1.29, 1.82) is 0 Å². The van der Waals surface area contributed by atoms with Crippen LogP contribution in [0.25, 0.3) is 11.0 Å². The molecule has 142 valence electrons. The Bertz CT molecular complexity index is 1060. The second-order valence-corrected chi connectivity index (χ2v) is 6.59. The fourth-order valence-corrected chi connectivity index (χ4v) is 2.92. The molecule has 0 unspecified atom stereocenters. The van der Waals surface area contributed by atoms with Crippen LogP contribution in [-0.2, 0) is 31.5 Å². The summed E-state index contributed by atoms with van der Waals surface area (Å²) in [6, 6.07) is 18.4. The van der Waals surface area contributed by atoms with Gasteiger partial charge in [0.2, 0.25) is 5.95 Å². The molecule has 7 nitrogen and oxygen atoms in total. The molecule has 4 aromatic rings. The first-order valence-corrected chi connectivity index (χ1v) is 9.07. The summed E-state index contributed by atoms with van der Waals surface area (Å²) >= 11 is 0. The minimum atomic E-state index is 0.423. The van der Waals surface area contributed by atoms with E-state index in [9.17, 15) is 0 Å². The number of nitrogens with two attached hydrogens (primary N) is 1. The number of ether oxygens (including phenoxy) is 1. The number of hydrogen-bond donors (Lipinski definition) is 2. The number of aromatic nitrogens is 4. The molecule has 0 bridgehead atoms. The number of aryl methyl sites for hydroxylation is 1. The molecule has 2 aromatic heterocycles. The van der Waals surface area contributed by atoms with Gasteiger partial charge in [-0.3, -0.25) is 4.68 Å². The molecular formula is C21H22N6O. The quantitative estimate of drug-likeness (QED) is 0.516. The Morgan fingerprint density at radius 3 is 2.36 bits per heavy atom. The molecule has 2 aromatic carbocycles. The zero-order chi connectivity index (χ0) is 19.3. The van der Waals surface area contributed by atoms with Gasteiger partial charge >= 0.3 is 0 Å². The molecule has 0 fully saturated rings. The van der Waals surface area contributed by atoms with E-state index in [0.29, 0.717) is 37.2 Å². The molecule has 7 heteroatoms. The molecule has 4 rings (SSSR count). The Morgan fingerprint density at radius 1 is 0.929 bits per heavy atom. The molecule has 0 aliphatic heterocycles. The van der Waals surface area contributed by atoms with Gasteiger partial charge in [-0.15, -0.1) is 0 Å². The van der Waals surface area contributed by atoms with Gasteiger partial charge in [-0.05, 0) is 16.7 Å². The molecule has 0 aliphatic rings. The summed E-state index contributed by atoms with van der Waals surface area (Å²) in [5.74, 6) is 0.912. The molecule has 0 radical (unpaired) electrons. The maximum absolute atomic E-state index is 5.99. The number of nitrogens with one attached hydrogen (secondary N) is 1. The fraction of sp³-hybridized carbons (Fsp3) is 0.190. The summed E-state index contributed by atoms with van der Waals surface area (Å²) in [5.41, 5.74) is 10.1. The van der Waals surface area contributed by atoms with Gasteiger partial charge in [-0.25, -0.2) is 0 Å². The van der Waals surface area contributed by atoms with Gasteiger partial charge in [-0.2, -0.15) is 15.1 Å². The van der Waals surface area contributed by atoms with Crippen LogP contribution in [0, 0.1) is 0 Å². The summed E-state index contributed by atoms with van der Waals surface area (Å²) in [4.78, 5) is 8.77. The van der Waals surface area contributed by atoms with E-state index in [4.69, 9.17) is 10.5 Å². The van der Waals surface area contributed by atoms with E-state index in [2.05, 4.69) is 56.8 Å².